The summed E-state index contributed by atoms with van der Waals surface area (Å²) >= 11 is 0. The van der Waals surface area contributed by atoms with Crippen LogP contribution in [0, 0.1) is 18.3 Å². The lowest BCUT2D eigenvalue weighted by Gasteiger charge is -2.39. The van der Waals surface area contributed by atoms with E-state index < -0.39 is 0 Å². The number of hydrogen-bond acceptors (Lipinski definition) is 2. The summed E-state index contributed by atoms with van der Waals surface area (Å²) in [6.07, 6.45) is 8.72. The summed E-state index contributed by atoms with van der Waals surface area (Å²) < 4.78 is 0. The van der Waals surface area contributed by atoms with Crippen LogP contribution in [0.1, 0.15) is 26.2 Å². The van der Waals surface area contributed by atoms with E-state index in [1.54, 1.807) is 0 Å². The molecule has 2 N–H and O–H groups in total. The number of piperidine rings is 1. The number of terminal acetylenes is 1. The Bertz CT molecular complexity index is 183. The summed E-state index contributed by atoms with van der Waals surface area (Å²) in [4.78, 5) is 2.45. The molecule has 1 saturated heterocycles. The maximum atomic E-state index is 5.76. The predicted molar refractivity (Wildman–Crippen MR) is 56.3 cm³/mol. The Balaban J connectivity index is 2.45. The Morgan fingerprint density at radius 3 is 3.00 bits per heavy atom. The second-order valence-corrected chi connectivity index (χ2v) is 3.91. The second-order valence-electron chi connectivity index (χ2n) is 3.91. The second kappa shape index (κ2) is 5.26. The van der Waals surface area contributed by atoms with Gasteiger partial charge < -0.3 is 5.73 Å². The van der Waals surface area contributed by atoms with Crippen LogP contribution in [0.25, 0.3) is 0 Å². The fourth-order valence-electron chi connectivity index (χ4n) is 2.20. The minimum Gasteiger partial charge on any atom is -0.329 e. The summed E-state index contributed by atoms with van der Waals surface area (Å²) in [5.74, 6) is 3.42. The van der Waals surface area contributed by atoms with Gasteiger partial charge in [0.25, 0.3) is 0 Å². The van der Waals surface area contributed by atoms with Crippen molar-refractivity contribution in [1.82, 2.24) is 4.90 Å². The van der Waals surface area contributed by atoms with Crippen molar-refractivity contribution in [1.29, 1.82) is 0 Å². The lowest BCUT2D eigenvalue weighted by Crippen LogP contribution is -2.48. The van der Waals surface area contributed by atoms with Crippen LogP contribution in [0.3, 0.4) is 0 Å². The molecule has 0 aromatic heterocycles. The third-order valence-electron chi connectivity index (χ3n) is 3.02. The molecule has 2 unspecified atom stereocenters. The van der Waals surface area contributed by atoms with Crippen molar-refractivity contribution < 1.29 is 0 Å². The quantitative estimate of drug-likeness (QED) is 0.658. The Morgan fingerprint density at radius 2 is 2.38 bits per heavy atom. The fraction of sp³-hybridized carbons (Fsp3) is 0.818. The standard InChI is InChI=1S/C11H20N2/c1-3-4-7-13-8-5-6-10(2)11(13)9-12/h1,10-11H,4-9,12H2,2H3. The average Bonchev–Trinajstić information content (AvgIpc) is 2.15. The number of nitrogens with zero attached hydrogens (tertiary/aromatic N) is 1. The van der Waals surface area contributed by atoms with Crippen LogP contribution in [0.15, 0.2) is 0 Å². The first-order valence-electron chi connectivity index (χ1n) is 5.17. The predicted octanol–water partition coefficient (Wildman–Crippen LogP) is 1.07. The molecule has 1 aliphatic heterocycles. The first-order chi connectivity index (χ1) is 6.29. The molecule has 2 heteroatoms. The Morgan fingerprint density at radius 1 is 1.62 bits per heavy atom. The molecule has 2 nitrogen and oxygen atoms in total. The summed E-state index contributed by atoms with van der Waals surface area (Å²) in [6.45, 7) is 5.25. The number of nitrogens with two attached hydrogens (primary N) is 1. The van der Waals surface area contributed by atoms with E-state index in [9.17, 15) is 0 Å². The monoisotopic (exact) mass is 180 g/mol. The van der Waals surface area contributed by atoms with Crippen molar-refractivity contribution in [3.63, 3.8) is 0 Å². The summed E-state index contributed by atoms with van der Waals surface area (Å²) in [6, 6.07) is 0.557. The highest BCUT2D eigenvalue weighted by Gasteiger charge is 2.26. The van der Waals surface area contributed by atoms with Gasteiger partial charge in [-0.25, -0.2) is 0 Å². The van der Waals surface area contributed by atoms with Crippen molar-refractivity contribution >= 4 is 0 Å². The van der Waals surface area contributed by atoms with Gasteiger partial charge in [0.05, 0.1) is 0 Å². The third-order valence-corrected chi connectivity index (χ3v) is 3.02. The van der Waals surface area contributed by atoms with E-state index in [1.807, 2.05) is 0 Å². The molecule has 1 fully saturated rings. The smallest absolute Gasteiger partial charge is 0.0244 e. The molecule has 1 rings (SSSR count). The van der Waals surface area contributed by atoms with E-state index >= 15 is 0 Å². The molecule has 0 spiro atoms. The minimum atomic E-state index is 0.557. The highest BCUT2D eigenvalue weighted by Crippen LogP contribution is 2.22. The largest absolute Gasteiger partial charge is 0.329 e. The van der Waals surface area contributed by atoms with Gasteiger partial charge in [-0.3, -0.25) is 4.90 Å². The van der Waals surface area contributed by atoms with E-state index in [0.717, 1.165) is 25.4 Å². The average molecular weight is 180 g/mol. The molecule has 0 radical (unpaired) electrons. The van der Waals surface area contributed by atoms with Gasteiger partial charge in [0.2, 0.25) is 0 Å². The van der Waals surface area contributed by atoms with Gasteiger partial charge in [-0.1, -0.05) is 6.92 Å². The molecular weight excluding hydrogens is 160 g/mol. The summed E-state index contributed by atoms with van der Waals surface area (Å²) in [7, 11) is 0. The first kappa shape index (κ1) is 10.6. The van der Waals surface area contributed by atoms with Crippen molar-refractivity contribution in [3.05, 3.63) is 0 Å². The summed E-state index contributed by atoms with van der Waals surface area (Å²) in [5, 5.41) is 0. The van der Waals surface area contributed by atoms with Crippen molar-refractivity contribution in [2.24, 2.45) is 11.7 Å². The molecule has 0 aromatic carbocycles. The van der Waals surface area contributed by atoms with Gasteiger partial charge in [0, 0.05) is 25.6 Å². The molecule has 0 bridgehead atoms. The first-order valence-corrected chi connectivity index (χ1v) is 5.17. The van der Waals surface area contributed by atoms with Crippen molar-refractivity contribution in [2.45, 2.75) is 32.2 Å². The van der Waals surface area contributed by atoms with Crippen molar-refractivity contribution in [3.8, 4) is 12.3 Å². The summed E-state index contributed by atoms with van der Waals surface area (Å²) in [5.41, 5.74) is 5.76. The molecule has 1 aliphatic rings. The van der Waals surface area contributed by atoms with Crippen LogP contribution in [-0.4, -0.2) is 30.6 Å². The Labute approximate surface area is 81.5 Å². The molecule has 0 amide bonds. The van der Waals surface area contributed by atoms with Gasteiger partial charge in [-0.15, -0.1) is 12.3 Å². The van der Waals surface area contributed by atoms with Crippen molar-refractivity contribution in [2.75, 3.05) is 19.6 Å². The molecule has 0 aromatic rings. The number of hydrogen-bond donors (Lipinski definition) is 1. The molecule has 2 atom stereocenters. The molecule has 74 valence electrons. The van der Waals surface area contributed by atoms with E-state index in [0.29, 0.717) is 6.04 Å². The van der Waals surface area contributed by atoms with E-state index in [2.05, 4.69) is 17.7 Å². The SMILES string of the molecule is C#CCCN1CCCC(C)C1CN. The lowest BCUT2D eigenvalue weighted by atomic mass is 9.91. The van der Waals surface area contributed by atoms with E-state index in [4.69, 9.17) is 12.2 Å². The minimum absolute atomic E-state index is 0.557. The maximum absolute atomic E-state index is 5.76. The number of rotatable bonds is 3. The highest BCUT2D eigenvalue weighted by atomic mass is 15.2. The Kier molecular flexibility index (Phi) is 4.27. The zero-order valence-corrected chi connectivity index (χ0v) is 8.50. The van der Waals surface area contributed by atoms with Gasteiger partial charge in [0.15, 0.2) is 0 Å². The van der Waals surface area contributed by atoms with Gasteiger partial charge in [0.1, 0.15) is 0 Å². The maximum Gasteiger partial charge on any atom is 0.0244 e. The van der Waals surface area contributed by atoms with Gasteiger partial charge in [-0.2, -0.15) is 0 Å². The Hall–Kier alpha value is -0.520. The molecular formula is C11H20N2. The van der Waals surface area contributed by atoms with Crippen LogP contribution < -0.4 is 5.73 Å². The molecule has 13 heavy (non-hydrogen) atoms. The van der Waals surface area contributed by atoms with E-state index in [1.165, 1.54) is 19.4 Å². The normalized spacial score (nSPS) is 29.9. The zero-order valence-electron chi connectivity index (χ0n) is 8.50. The van der Waals surface area contributed by atoms with Crippen LogP contribution in [0.2, 0.25) is 0 Å². The zero-order chi connectivity index (χ0) is 9.68. The number of likely N-dealkylation sites (tertiary alicyclic amines) is 1. The van der Waals surface area contributed by atoms with E-state index in [-0.39, 0.29) is 0 Å². The van der Waals surface area contributed by atoms with Crippen LogP contribution in [0.5, 0.6) is 0 Å². The van der Waals surface area contributed by atoms with Crippen LogP contribution in [0.4, 0.5) is 0 Å². The lowest BCUT2D eigenvalue weighted by molar-refractivity contribution is 0.109. The van der Waals surface area contributed by atoms with Gasteiger partial charge in [-0.05, 0) is 25.3 Å². The molecule has 1 heterocycles. The molecule has 0 saturated carbocycles. The highest BCUT2D eigenvalue weighted by molar-refractivity contribution is 4.88. The third kappa shape index (κ3) is 2.72. The fourth-order valence-corrected chi connectivity index (χ4v) is 2.20. The topological polar surface area (TPSA) is 29.3 Å². The molecule has 0 aliphatic carbocycles. The van der Waals surface area contributed by atoms with Crippen LogP contribution in [-0.2, 0) is 0 Å². The van der Waals surface area contributed by atoms with Gasteiger partial charge >= 0.3 is 0 Å². The van der Waals surface area contributed by atoms with Crippen LogP contribution >= 0.6 is 0 Å².